The van der Waals surface area contributed by atoms with Gasteiger partial charge in [-0.15, -0.1) is 0 Å². The second kappa shape index (κ2) is 8.29. The van der Waals surface area contributed by atoms with Crippen LogP contribution >= 0.6 is 0 Å². The minimum absolute atomic E-state index is 0.0199. The van der Waals surface area contributed by atoms with Crippen molar-refractivity contribution in [1.29, 1.82) is 0 Å². The van der Waals surface area contributed by atoms with Crippen LogP contribution in [0.4, 0.5) is 0 Å². The normalized spacial score (nSPS) is 10.9. The average molecular weight is 266 g/mol. The van der Waals surface area contributed by atoms with Crippen LogP contribution < -0.4 is 0 Å². The van der Waals surface area contributed by atoms with Crippen LogP contribution in [-0.2, 0) is 10.8 Å². The minimum atomic E-state index is 0.0199. The molecule has 1 heterocycles. The maximum absolute atomic E-state index is 4.66. The second-order valence-electron chi connectivity index (χ2n) is 6.22. The Hall–Kier alpha value is -0.920. The summed E-state index contributed by atoms with van der Waals surface area (Å²) in [4.78, 5) is 9.17. The Morgan fingerprint density at radius 3 is 1.47 bits per heavy atom. The van der Waals surface area contributed by atoms with E-state index in [1.807, 2.05) is 34.6 Å². The molecule has 2 heteroatoms. The topological polar surface area (TPSA) is 25.8 Å². The fourth-order valence-corrected chi connectivity index (χ4v) is 1.29. The van der Waals surface area contributed by atoms with E-state index in [0.717, 1.165) is 17.2 Å². The van der Waals surface area contributed by atoms with Crippen molar-refractivity contribution in [2.45, 2.75) is 87.0 Å². The summed E-state index contributed by atoms with van der Waals surface area (Å²) in [5, 5.41) is 0. The SMILES string of the molecule is CC.CC.Cc1cc(C(C)(C)C)nc(C(C)(C)C)n1. The standard InChI is InChI=1S/C13H22N2.2C2H6/c1-9-8-10(12(2,3)4)15-11(14-9)13(5,6)7;2*1-2/h8H,1-7H3;2*1-2H3. The van der Waals surface area contributed by atoms with Crippen LogP contribution in [0.5, 0.6) is 0 Å². The van der Waals surface area contributed by atoms with E-state index in [0.29, 0.717) is 0 Å². The van der Waals surface area contributed by atoms with E-state index in [1.54, 1.807) is 0 Å². The van der Waals surface area contributed by atoms with Crippen molar-refractivity contribution in [3.63, 3.8) is 0 Å². The van der Waals surface area contributed by atoms with Gasteiger partial charge in [0.15, 0.2) is 0 Å². The van der Waals surface area contributed by atoms with E-state index < -0.39 is 0 Å². The third-order valence-electron chi connectivity index (χ3n) is 2.29. The van der Waals surface area contributed by atoms with Gasteiger partial charge in [-0.05, 0) is 13.0 Å². The summed E-state index contributed by atoms with van der Waals surface area (Å²) in [6.45, 7) is 23.0. The smallest absolute Gasteiger partial charge is 0.134 e. The minimum Gasteiger partial charge on any atom is -0.238 e. The highest BCUT2D eigenvalue weighted by Crippen LogP contribution is 2.24. The fraction of sp³-hybridized carbons (Fsp3) is 0.765. The van der Waals surface area contributed by atoms with Gasteiger partial charge in [0.25, 0.3) is 0 Å². The lowest BCUT2D eigenvalue weighted by Gasteiger charge is -2.23. The molecule has 0 amide bonds. The highest BCUT2D eigenvalue weighted by molar-refractivity contribution is 5.19. The molecule has 2 nitrogen and oxygen atoms in total. The first-order valence-electron chi connectivity index (χ1n) is 7.47. The van der Waals surface area contributed by atoms with Crippen molar-refractivity contribution in [2.24, 2.45) is 0 Å². The molecule has 19 heavy (non-hydrogen) atoms. The largest absolute Gasteiger partial charge is 0.238 e. The first-order chi connectivity index (χ1) is 8.60. The third-order valence-corrected chi connectivity index (χ3v) is 2.29. The van der Waals surface area contributed by atoms with E-state index in [4.69, 9.17) is 0 Å². The van der Waals surface area contributed by atoms with Gasteiger partial charge in [0.05, 0.1) is 0 Å². The number of nitrogens with zero attached hydrogens (tertiary/aromatic N) is 2. The van der Waals surface area contributed by atoms with Gasteiger partial charge >= 0.3 is 0 Å². The molecular weight excluding hydrogens is 232 g/mol. The third kappa shape index (κ3) is 7.29. The van der Waals surface area contributed by atoms with E-state index >= 15 is 0 Å². The molecule has 0 spiro atoms. The zero-order valence-corrected chi connectivity index (χ0v) is 15.0. The number of aromatic nitrogens is 2. The molecule has 1 aromatic heterocycles. The van der Waals surface area contributed by atoms with Crippen molar-refractivity contribution in [3.8, 4) is 0 Å². The Balaban J connectivity index is 0. The summed E-state index contributed by atoms with van der Waals surface area (Å²) in [5.41, 5.74) is 2.29. The van der Waals surface area contributed by atoms with Crippen LogP contribution in [0.1, 0.15) is 86.4 Å². The van der Waals surface area contributed by atoms with E-state index in [2.05, 4.69) is 57.6 Å². The number of hydrogen-bond donors (Lipinski definition) is 0. The highest BCUT2D eigenvalue weighted by Gasteiger charge is 2.22. The molecule has 0 radical (unpaired) electrons. The van der Waals surface area contributed by atoms with Crippen molar-refractivity contribution in [1.82, 2.24) is 9.97 Å². The second-order valence-corrected chi connectivity index (χ2v) is 6.22. The number of hydrogen-bond acceptors (Lipinski definition) is 2. The van der Waals surface area contributed by atoms with Crippen LogP contribution in [0.3, 0.4) is 0 Å². The molecule has 112 valence electrons. The molecule has 0 N–H and O–H groups in total. The lowest BCUT2D eigenvalue weighted by atomic mass is 9.90. The zero-order valence-electron chi connectivity index (χ0n) is 15.0. The van der Waals surface area contributed by atoms with Crippen LogP contribution in [-0.4, -0.2) is 9.97 Å². The first kappa shape index (κ1) is 20.4. The molecule has 0 aliphatic heterocycles. The average Bonchev–Trinajstić information content (AvgIpc) is 2.31. The molecule has 1 aromatic rings. The molecule has 0 unspecified atom stereocenters. The Morgan fingerprint density at radius 1 is 0.737 bits per heavy atom. The van der Waals surface area contributed by atoms with E-state index in [1.165, 1.54) is 0 Å². The Morgan fingerprint density at radius 2 is 1.16 bits per heavy atom. The highest BCUT2D eigenvalue weighted by atomic mass is 14.9. The maximum Gasteiger partial charge on any atom is 0.134 e. The monoisotopic (exact) mass is 266 g/mol. The van der Waals surface area contributed by atoms with Crippen molar-refractivity contribution >= 4 is 0 Å². The quantitative estimate of drug-likeness (QED) is 0.625. The number of aryl methyl sites for hydroxylation is 1. The Bertz CT molecular complexity index is 322. The maximum atomic E-state index is 4.66. The summed E-state index contributed by atoms with van der Waals surface area (Å²) in [6, 6.07) is 2.08. The zero-order chi connectivity index (χ0) is 15.9. The molecule has 0 bridgehead atoms. The summed E-state index contributed by atoms with van der Waals surface area (Å²) in [5.74, 6) is 0.937. The van der Waals surface area contributed by atoms with Gasteiger partial charge in [-0.2, -0.15) is 0 Å². The van der Waals surface area contributed by atoms with Crippen LogP contribution in [0.25, 0.3) is 0 Å². The molecular formula is C17H34N2. The van der Waals surface area contributed by atoms with Gasteiger partial charge in [0, 0.05) is 22.2 Å². The van der Waals surface area contributed by atoms with Crippen molar-refractivity contribution in [3.05, 3.63) is 23.3 Å². The Kier molecular flexibility index (Phi) is 8.90. The summed E-state index contributed by atoms with van der Waals surface area (Å²) >= 11 is 0. The molecule has 0 saturated carbocycles. The van der Waals surface area contributed by atoms with Gasteiger partial charge < -0.3 is 0 Å². The predicted octanol–water partition coefficient (Wildman–Crippen LogP) is 5.43. The molecule has 0 aliphatic carbocycles. The van der Waals surface area contributed by atoms with Crippen LogP contribution in [0, 0.1) is 6.92 Å². The summed E-state index contributed by atoms with van der Waals surface area (Å²) in [7, 11) is 0. The molecule has 0 aliphatic rings. The molecule has 1 rings (SSSR count). The molecule has 0 aromatic carbocycles. The van der Waals surface area contributed by atoms with E-state index in [-0.39, 0.29) is 10.8 Å². The fourth-order valence-electron chi connectivity index (χ4n) is 1.29. The summed E-state index contributed by atoms with van der Waals surface area (Å²) < 4.78 is 0. The lowest BCUT2D eigenvalue weighted by molar-refractivity contribution is 0.511. The summed E-state index contributed by atoms with van der Waals surface area (Å²) in [6.07, 6.45) is 0. The van der Waals surface area contributed by atoms with Crippen molar-refractivity contribution in [2.75, 3.05) is 0 Å². The van der Waals surface area contributed by atoms with E-state index in [9.17, 15) is 0 Å². The molecule has 0 fully saturated rings. The van der Waals surface area contributed by atoms with Gasteiger partial charge in [-0.1, -0.05) is 69.2 Å². The molecule has 0 atom stereocenters. The Labute approximate surface area is 121 Å². The first-order valence-corrected chi connectivity index (χ1v) is 7.47. The van der Waals surface area contributed by atoms with Gasteiger partial charge in [-0.3, -0.25) is 0 Å². The van der Waals surface area contributed by atoms with Gasteiger partial charge in [0.1, 0.15) is 5.82 Å². The predicted molar refractivity (Wildman–Crippen MR) is 86.9 cm³/mol. The lowest BCUT2D eigenvalue weighted by Crippen LogP contribution is -2.22. The van der Waals surface area contributed by atoms with Gasteiger partial charge in [-0.25, -0.2) is 9.97 Å². The molecule has 0 saturated heterocycles. The van der Waals surface area contributed by atoms with Crippen LogP contribution in [0.2, 0.25) is 0 Å². The van der Waals surface area contributed by atoms with Gasteiger partial charge in [0.2, 0.25) is 0 Å². The van der Waals surface area contributed by atoms with Crippen molar-refractivity contribution < 1.29 is 0 Å². The van der Waals surface area contributed by atoms with Crippen LogP contribution in [0.15, 0.2) is 6.07 Å². The number of rotatable bonds is 0.